The molecule has 158 valence electrons. The first-order valence-electron chi connectivity index (χ1n) is 10.2. The summed E-state index contributed by atoms with van der Waals surface area (Å²) in [6.07, 6.45) is 0.0972. The molecule has 0 radical (unpaired) electrons. The summed E-state index contributed by atoms with van der Waals surface area (Å²) < 4.78 is 0. The lowest BCUT2D eigenvalue weighted by atomic mass is 10.0. The summed E-state index contributed by atoms with van der Waals surface area (Å²) in [4.78, 5) is 24.8. The third-order valence-electron chi connectivity index (χ3n) is 4.96. The zero-order valence-electron chi connectivity index (χ0n) is 18.3. The summed E-state index contributed by atoms with van der Waals surface area (Å²) in [6.45, 7) is 7.69. The molecule has 0 bridgehead atoms. The molecule has 0 unspecified atom stereocenters. The molecule has 0 aliphatic carbocycles. The molecule has 0 spiro atoms. The van der Waals surface area contributed by atoms with Gasteiger partial charge in [-0.3, -0.25) is 9.59 Å². The highest BCUT2D eigenvalue weighted by atomic mass is 16.2. The fraction of sp³-hybridized carbons (Fsp3) is 0.192. The second-order valence-electron chi connectivity index (χ2n) is 7.73. The summed E-state index contributed by atoms with van der Waals surface area (Å²) >= 11 is 0. The van der Waals surface area contributed by atoms with Gasteiger partial charge >= 0.3 is 0 Å². The molecule has 31 heavy (non-hydrogen) atoms. The monoisotopic (exact) mass is 413 g/mol. The fourth-order valence-corrected chi connectivity index (χ4v) is 3.49. The van der Waals surface area contributed by atoms with Gasteiger partial charge in [-0.05, 0) is 62.1 Å². The van der Waals surface area contributed by atoms with Crippen LogP contribution in [0.3, 0.4) is 0 Å². The Bertz CT molecular complexity index is 1090. The van der Waals surface area contributed by atoms with Gasteiger partial charge in [0.2, 0.25) is 5.91 Å². The van der Waals surface area contributed by atoms with Gasteiger partial charge in [-0.2, -0.15) is 5.10 Å². The molecule has 0 heterocycles. The van der Waals surface area contributed by atoms with E-state index in [2.05, 4.69) is 15.8 Å². The Morgan fingerprint density at radius 3 is 2.03 bits per heavy atom. The quantitative estimate of drug-likeness (QED) is 0.419. The molecular weight excluding hydrogens is 386 g/mol. The van der Waals surface area contributed by atoms with Crippen molar-refractivity contribution in [2.75, 3.05) is 5.32 Å². The van der Waals surface area contributed by atoms with E-state index in [1.807, 2.05) is 75.4 Å². The molecule has 2 amide bonds. The number of carbonyl (C=O) groups excluding carboxylic acids is 2. The minimum atomic E-state index is -0.315. The van der Waals surface area contributed by atoms with Crippen LogP contribution in [-0.2, 0) is 4.79 Å². The van der Waals surface area contributed by atoms with E-state index >= 15 is 0 Å². The third kappa shape index (κ3) is 5.89. The van der Waals surface area contributed by atoms with Gasteiger partial charge in [-0.25, -0.2) is 5.43 Å². The molecule has 5 heteroatoms. The SMILES string of the molecule is CC(CC(=O)Nc1c(C)cc(C)cc1C)=NNC(=O)c1ccc(-c2ccccc2)cc1. The summed E-state index contributed by atoms with van der Waals surface area (Å²) in [6, 6.07) is 21.4. The van der Waals surface area contributed by atoms with E-state index in [1.54, 1.807) is 19.1 Å². The van der Waals surface area contributed by atoms with Crippen LogP contribution in [0.1, 0.15) is 40.4 Å². The third-order valence-corrected chi connectivity index (χ3v) is 4.96. The minimum absolute atomic E-state index is 0.0972. The van der Waals surface area contributed by atoms with Gasteiger partial charge in [0, 0.05) is 17.0 Å². The Hall–Kier alpha value is -3.73. The van der Waals surface area contributed by atoms with Crippen LogP contribution in [0.25, 0.3) is 11.1 Å². The van der Waals surface area contributed by atoms with Crippen molar-refractivity contribution in [3.63, 3.8) is 0 Å². The van der Waals surface area contributed by atoms with E-state index < -0.39 is 0 Å². The number of benzene rings is 3. The molecule has 0 saturated heterocycles. The molecule has 0 aliphatic rings. The van der Waals surface area contributed by atoms with Gasteiger partial charge in [0.25, 0.3) is 5.91 Å². The molecule has 3 aromatic rings. The lowest BCUT2D eigenvalue weighted by molar-refractivity contribution is -0.115. The molecule has 5 nitrogen and oxygen atoms in total. The Labute approximate surface area is 183 Å². The van der Waals surface area contributed by atoms with E-state index in [4.69, 9.17) is 0 Å². The first-order valence-corrected chi connectivity index (χ1v) is 10.2. The van der Waals surface area contributed by atoms with Crippen molar-refractivity contribution in [1.29, 1.82) is 0 Å². The molecule has 0 saturated carbocycles. The number of hydrogen-bond donors (Lipinski definition) is 2. The zero-order valence-corrected chi connectivity index (χ0v) is 18.3. The largest absolute Gasteiger partial charge is 0.325 e. The maximum absolute atomic E-state index is 12.4. The van der Waals surface area contributed by atoms with Crippen molar-refractivity contribution in [2.45, 2.75) is 34.1 Å². The Morgan fingerprint density at radius 1 is 0.839 bits per heavy atom. The molecule has 0 fully saturated rings. The highest BCUT2D eigenvalue weighted by molar-refractivity contribution is 6.06. The van der Waals surface area contributed by atoms with Crippen molar-refractivity contribution in [1.82, 2.24) is 5.43 Å². The van der Waals surface area contributed by atoms with Crippen molar-refractivity contribution in [2.24, 2.45) is 5.10 Å². The lowest BCUT2D eigenvalue weighted by Gasteiger charge is -2.12. The highest BCUT2D eigenvalue weighted by Crippen LogP contribution is 2.22. The second-order valence-corrected chi connectivity index (χ2v) is 7.73. The minimum Gasteiger partial charge on any atom is -0.325 e. The van der Waals surface area contributed by atoms with Crippen LogP contribution in [0, 0.1) is 20.8 Å². The topological polar surface area (TPSA) is 70.6 Å². The number of hydrazone groups is 1. The Balaban J connectivity index is 1.57. The molecule has 0 aromatic heterocycles. The molecule has 2 N–H and O–H groups in total. The van der Waals surface area contributed by atoms with Crippen LogP contribution in [-0.4, -0.2) is 17.5 Å². The number of nitrogens with zero attached hydrogens (tertiary/aromatic N) is 1. The molecule has 3 rings (SSSR count). The van der Waals surface area contributed by atoms with Crippen LogP contribution >= 0.6 is 0 Å². The highest BCUT2D eigenvalue weighted by Gasteiger charge is 2.10. The summed E-state index contributed by atoms with van der Waals surface area (Å²) in [5.41, 5.74) is 9.71. The predicted molar refractivity (Wildman–Crippen MR) is 126 cm³/mol. The number of amides is 2. The predicted octanol–water partition coefficient (Wildman–Crippen LogP) is 5.41. The van der Waals surface area contributed by atoms with Crippen molar-refractivity contribution >= 4 is 23.2 Å². The van der Waals surface area contributed by atoms with E-state index in [1.165, 1.54) is 0 Å². The number of rotatable bonds is 6. The van der Waals surface area contributed by atoms with Crippen LogP contribution in [0.5, 0.6) is 0 Å². The summed E-state index contributed by atoms with van der Waals surface area (Å²) in [5, 5.41) is 7.02. The molecule has 3 aromatic carbocycles. The number of carbonyl (C=O) groups is 2. The standard InChI is InChI=1S/C26H27N3O2/c1-17-14-18(2)25(19(3)15-17)27-24(30)16-20(4)28-29-26(31)23-12-10-22(11-13-23)21-8-6-5-7-9-21/h5-15H,16H2,1-4H3,(H,27,30)(H,29,31). The maximum atomic E-state index is 12.4. The Morgan fingerprint density at radius 2 is 1.42 bits per heavy atom. The van der Waals surface area contributed by atoms with Crippen LogP contribution in [0.2, 0.25) is 0 Å². The summed E-state index contributed by atoms with van der Waals surface area (Å²) in [5.74, 6) is -0.484. The number of aryl methyl sites for hydroxylation is 3. The lowest BCUT2D eigenvalue weighted by Crippen LogP contribution is -2.21. The number of nitrogens with one attached hydrogen (secondary N) is 2. The number of hydrogen-bond acceptors (Lipinski definition) is 3. The van der Waals surface area contributed by atoms with Crippen molar-refractivity contribution in [3.8, 4) is 11.1 Å². The van der Waals surface area contributed by atoms with Gasteiger partial charge < -0.3 is 5.32 Å². The zero-order chi connectivity index (χ0) is 22.4. The van der Waals surface area contributed by atoms with Gasteiger partial charge in [-0.1, -0.05) is 60.2 Å². The van der Waals surface area contributed by atoms with E-state index in [0.29, 0.717) is 11.3 Å². The molecular formula is C26H27N3O2. The van der Waals surface area contributed by atoms with Gasteiger partial charge in [-0.15, -0.1) is 0 Å². The average Bonchev–Trinajstić information content (AvgIpc) is 2.75. The average molecular weight is 414 g/mol. The van der Waals surface area contributed by atoms with Crippen molar-refractivity contribution in [3.05, 3.63) is 89.0 Å². The smallest absolute Gasteiger partial charge is 0.271 e. The fourth-order valence-electron chi connectivity index (χ4n) is 3.49. The van der Waals surface area contributed by atoms with Crippen LogP contribution < -0.4 is 10.7 Å². The Kier molecular flexibility index (Phi) is 6.98. The van der Waals surface area contributed by atoms with Gasteiger partial charge in [0.15, 0.2) is 0 Å². The van der Waals surface area contributed by atoms with E-state index in [0.717, 1.165) is 33.5 Å². The van der Waals surface area contributed by atoms with Crippen LogP contribution in [0.4, 0.5) is 5.69 Å². The first kappa shape index (κ1) is 22.0. The second kappa shape index (κ2) is 9.85. The van der Waals surface area contributed by atoms with Crippen LogP contribution in [0.15, 0.2) is 71.8 Å². The molecule has 0 atom stereocenters. The molecule has 0 aliphatic heterocycles. The first-order chi connectivity index (χ1) is 14.8. The van der Waals surface area contributed by atoms with E-state index in [-0.39, 0.29) is 18.2 Å². The normalized spacial score (nSPS) is 11.2. The van der Waals surface area contributed by atoms with E-state index in [9.17, 15) is 9.59 Å². The maximum Gasteiger partial charge on any atom is 0.271 e. The van der Waals surface area contributed by atoms with Gasteiger partial charge in [0.1, 0.15) is 0 Å². The summed E-state index contributed by atoms with van der Waals surface area (Å²) in [7, 11) is 0. The van der Waals surface area contributed by atoms with Gasteiger partial charge in [0.05, 0.1) is 6.42 Å². The number of anilines is 1. The van der Waals surface area contributed by atoms with Crippen molar-refractivity contribution < 1.29 is 9.59 Å².